The van der Waals surface area contributed by atoms with Crippen LogP contribution in [0.2, 0.25) is 0 Å². The van der Waals surface area contributed by atoms with E-state index in [-0.39, 0.29) is 11.4 Å². The van der Waals surface area contributed by atoms with Crippen molar-refractivity contribution >= 4 is 11.5 Å². The van der Waals surface area contributed by atoms with Crippen molar-refractivity contribution in [2.45, 2.75) is 25.7 Å². The maximum atomic E-state index is 13.8. The van der Waals surface area contributed by atoms with E-state index in [9.17, 15) is 9.18 Å². The first-order chi connectivity index (χ1) is 16.2. The van der Waals surface area contributed by atoms with Crippen molar-refractivity contribution in [1.29, 1.82) is 0 Å². The van der Waals surface area contributed by atoms with Crippen LogP contribution in [-0.4, -0.2) is 36.8 Å². The maximum Gasteiger partial charge on any atom is 0.298 e. The number of hydrogen-bond acceptors (Lipinski definition) is 7. The van der Waals surface area contributed by atoms with Crippen LogP contribution in [0.15, 0.2) is 59.7 Å². The molecule has 2 aromatic heterocycles. The molecule has 0 unspecified atom stereocenters. The summed E-state index contributed by atoms with van der Waals surface area (Å²) in [6, 6.07) is 11.9. The molecule has 0 spiro atoms. The zero-order valence-electron chi connectivity index (χ0n) is 17.7. The molecule has 0 atom stereocenters. The Labute approximate surface area is 188 Å². The Kier molecular flexibility index (Phi) is 5.79. The summed E-state index contributed by atoms with van der Waals surface area (Å²) < 4.78 is 21.0. The van der Waals surface area contributed by atoms with Crippen LogP contribution in [0.5, 0.6) is 5.75 Å². The van der Waals surface area contributed by atoms with E-state index < -0.39 is 5.82 Å². The highest BCUT2D eigenvalue weighted by Gasteiger charge is 2.22. The molecular weight excluding hydrogens is 425 g/mol. The largest absolute Gasteiger partial charge is 0.491 e. The van der Waals surface area contributed by atoms with Gasteiger partial charge in [-0.3, -0.25) is 9.36 Å². The Morgan fingerprint density at radius 3 is 2.76 bits per heavy atom. The van der Waals surface area contributed by atoms with Crippen molar-refractivity contribution < 1.29 is 9.13 Å². The fraction of sp³-hybridized carbons (Fsp3) is 0.261. The third kappa shape index (κ3) is 5.05. The molecule has 4 aromatic rings. The Morgan fingerprint density at radius 1 is 1.15 bits per heavy atom. The van der Waals surface area contributed by atoms with Crippen LogP contribution in [-0.2, 0) is 12.8 Å². The van der Waals surface area contributed by atoms with Crippen LogP contribution in [0.4, 0.5) is 15.9 Å². The second kappa shape index (κ2) is 9.19. The van der Waals surface area contributed by atoms with Crippen LogP contribution in [0.3, 0.4) is 0 Å². The zero-order chi connectivity index (χ0) is 22.6. The maximum absolute atomic E-state index is 13.8. The summed E-state index contributed by atoms with van der Waals surface area (Å²) in [4.78, 5) is 17.3. The lowest BCUT2D eigenvalue weighted by molar-refractivity contribution is 0.300. The number of ether oxygens (including phenoxy) is 1. The van der Waals surface area contributed by atoms with E-state index in [0.717, 1.165) is 24.8 Å². The molecule has 168 valence electrons. The van der Waals surface area contributed by atoms with Crippen molar-refractivity contribution in [2.24, 2.45) is 5.92 Å². The number of tetrazole rings is 1. The first-order valence-electron chi connectivity index (χ1n) is 10.7. The lowest BCUT2D eigenvalue weighted by Crippen LogP contribution is -2.22. The number of rotatable bonds is 9. The summed E-state index contributed by atoms with van der Waals surface area (Å²) in [5.41, 5.74) is 1.97. The molecule has 0 amide bonds. The SMILES string of the molecule is O=c1c(Nc2ccc(F)cc2OCC2CC2)nccn1-c1ccc(CCc2nn[nH]n2)cc1. The number of nitrogens with one attached hydrogen (secondary N) is 2. The number of anilines is 2. The van der Waals surface area contributed by atoms with Crippen LogP contribution >= 0.6 is 0 Å². The third-order valence-electron chi connectivity index (χ3n) is 5.45. The predicted octanol–water partition coefficient (Wildman–Crippen LogP) is 3.20. The van der Waals surface area contributed by atoms with Gasteiger partial charge in [-0.15, -0.1) is 10.2 Å². The predicted molar refractivity (Wildman–Crippen MR) is 119 cm³/mol. The molecule has 5 rings (SSSR count). The molecule has 1 aliphatic rings. The molecular formula is C23H22FN7O2. The van der Waals surface area contributed by atoms with Gasteiger partial charge in [0.2, 0.25) is 0 Å². The van der Waals surface area contributed by atoms with Gasteiger partial charge in [0.1, 0.15) is 11.6 Å². The van der Waals surface area contributed by atoms with E-state index in [4.69, 9.17) is 4.74 Å². The Bertz CT molecular complexity index is 1290. The average molecular weight is 447 g/mol. The van der Waals surface area contributed by atoms with E-state index in [1.165, 1.54) is 16.7 Å². The van der Waals surface area contributed by atoms with Gasteiger partial charge in [-0.05, 0) is 55.0 Å². The van der Waals surface area contributed by atoms with E-state index in [2.05, 4.69) is 30.9 Å². The third-order valence-corrected chi connectivity index (χ3v) is 5.45. The number of aromatic amines is 1. The van der Waals surface area contributed by atoms with Crippen LogP contribution in [0.25, 0.3) is 5.69 Å². The number of hydrogen-bond donors (Lipinski definition) is 2. The minimum atomic E-state index is -0.399. The van der Waals surface area contributed by atoms with Crippen molar-refractivity contribution in [1.82, 2.24) is 30.2 Å². The van der Waals surface area contributed by atoms with Gasteiger partial charge in [-0.1, -0.05) is 17.3 Å². The van der Waals surface area contributed by atoms with Gasteiger partial charge >= 0.3 is 0 Å². The topological polar surface area (TPSA) is 111 Å². The van der Waals surface area contributed by atoms with Crippen LogP contribution in [0.1, 0.15) is 24.2 Å². The number of halogens is 1. The molecule has 0 saturated heterocycles. The fourth-order valence-electron chi connectivity index (χ4n) is 3.41. The summed E-state index contributed by atoms with van der Waals surface area (Å²) in [6.45, 7) is 0.531. The molecule has 9 nitrogen and oxygen atoms in total. The smallest absolute Gasteiger partial charge is 0.298 e. The highest BCUT2D eigenvalue weighted by Crippen LogP contribution is 2.32. The summed E-state index contributed by atoms with van der Waals surface area (Å²) in [6.07, 6.45) is 6.82. The molecule has 1 fully saturated rings. The van der Waals surface area contributed by atoms with Crippen molar-refractivity contribution in [3.8, 4) is 11.4 Å². The molecule has 0 bridgehead atoms. The van der Waals surface area contributed by atoms with Gasteiger partial charge < -0.3 is 10.1 Å². The second-order valence-electron chi connectivity index (χ2n) is 7.97. The minimum Gasteiger partial charge on any atom is -0.491 e. The number of H-pyrrole nitrogens is 1. The first kappa shape index (κ1) is 20.8. The van der Waals surface area contributed by atoms with Gasteiger partial charge in [-0.25, -0.2) is 9.37 Å². The fourth-order valence-corrected chi connectivity index (χ4v) is 3.41. The summed E-state index contributed by atoms with van der Waals surface area (Å²) in [7, 11) is 0. The Hall–Kier alpha value is -4.08. The number of aromatic nitrogens is 6. The highest BCUT2D eigenvalue weighted by molar-refractivity contribution is 5.64. The molecule has 2 N–H and O–H groups in total. The van der Waals surface area contributed by atoms with E-state index in [1.54, 1.807) is 18.5 Å². The van der Waals surface area contributed by atoms with Gasteiger partial charge in [0, 0.05) is 30.6 Å². The van der Waals surface area contributed by atoms with Crippen molar-refractivity contribution in [3.05, 3.63) is 82.4 Å². The Morgan fingerprint density at radius 2 is 2.00 bits per heavy atom. The standard InChI is InChI=1S/C23H22FN7O2/c24-17-6-9-19(20(13-17)33-14-16-1-2-16)26-22-23(32)31(12-11-25-22)18-7-3-15(4-8-18)5-10-21-27-29-30-28-21/h3-4,6-9,11-13,16H,1-2,5,10,14H2,(H,25,26)(H,27,28,29,30). The van der Waals surface area contributed by atoms with E-state index in [1.807, 2.05) is 24.3 Å². The lowest BCUT2D eigenvalue weighted by atomic mass is 10.1. The van der Waals surface area contributed by atoms with Crippen LogP contribution in [0, 0.1) is 11.7 Å². The molecule has 33 heavy (non-hydrogen) atoms. The van der Waals surface area contributed by atoms with E-state index in [0.29, 0.717) is 41.9 Å². The number of nitrogens with zero attached hydrogens (tertiary/aromatic N) is 5. The molecule has 2 aromatic carbocycles. The number of aryl methyl sites for hydroxylation is 2. The average Bonchev–Trinajstić information content (AvgIpc) is 3.52. The number of benzene rings is 2. The first-order valence-corrected chi connectivity index (χ1v) is 10.7. The molecule has 0 radical (unpaired) electrons. The zero-order valence-corrected chi connectivity index (χ0v) is 17.7. The Balaban J connectivity index is 1.33. The second-order valence-corrected chi connectivity index (χ2v) is 7.97. The summed E-state index contributed by atoms with van der Waals surface area (Å²) in [5, 5.41) is 16.9. The van der Waals surface area contributed by atoms with Crippen molar-refractivity contribution in [3.63, 3.8) is 0 Å². The molecule has 1 aliphatic carbocycles. The normalized spacial score (nSPS) is 13.1. The van der Waals surface area contributed by atoms with Gasteiger partial charge in [0.15, 0.2) is 11.6 Å². The lowest BCUT2D eigenvalue weighted by Gasteiger charge is -2.14. The quantitative estimate of drug-likeness (QED) is 0.405. The molecule has 2 heterocycles. The molecule has 10 heteroatoms. The van der Waals surface area contributed by atoms with Crippen LogP contribution < -0.4 is 15.6 Å². The van der Waals surface area contributed by atoms with Crippen molar-refractivity contribution in [2.75, 3.05) is 11.9 Å². The summed E-state index contributed by atoms with van der Waals surface area (Å²) >= 11 is 0. The monoisotopic (exact) mass is 447 g/mol. The van der Waals surface area contributed by atoms with Gasteiger partial charge in [-0.2, -0.15) is 5.21 Å². The molecule has 1 saturated carbocycles. The highest BCUT2D eigenvalue weighted by atomic mass is 19.1. The van der Waals surface area contributed by atoms with E-state index >= 15 is 0 Å². The van der Waals surface area contributed by atoms with Gasteiger partial charge in [0.05, 0.1) is 12.3 Å². The van der Waals surface area contributed by atoms with Gasteiger partial charge in [0.25, 0.3) is 5.56 Å². The minimum absolute atomic E-state index is 0.126. The molecule has 0 aliphatic heterocycles. The summed E-state index contributed by atoms with van der Waals surface area (Å²) in [5.74, 6) is 1.26.